The molecule has 0 radical (unpaired) electrons. The van der Waals surface area contributed by atoms with Gasteiger partial charge >= 0.3 is 5.97 Å². The number of hydrogen-bond donors (Lipinski definition) is 1. The molecular formula is C33H28ClF5N2O3S. The minimum atomic E-state index is -2.29. The van der Waals surface area contributed by atoms with E-state index < -0.39 is 52.4 Å². The summed E-state index contributed by atoms with van der Waals surface area (Å²) < 4.78 is 72.4. The molecule has 5 nitrogen and oxygen atoms in total. The first-order valence-electron chi connectivity index (χ1n) is 13.6. The number of halogens is 6. The molecule has 0 atom stereocenters. The number of rotatable bonds is 10. The molecule has 4 rings (SSSR count). The summed E-state index contributed by atoms with van der Waals surface area (Å²) in [6.45, 7) is 5.53. The van der Waals surface area contributed by atoms with Crippen LogP contribution in [0.15, 0.2) is 77.7 Å². The van der Waals surface area contributed by atoms with Crippen LogP contribution in [-0.4, -0.2) is 27.8 Å². The number of aromatic carboxylic acids is 1. The first kappa shape index (κ1) is 34.0. The number of nitrogens with zero attached hydrogens (tertiary/aromatic N) is 2. The molecule has 0 unspecified atom stereocenters. The number of benzene rings is 4. The summed E-state index contributed by atoms with van der Waals surface area (Å²) >= 11 is 6.19. The quantitative estimate of drug-likeness (QED) is 0.0796. The minimum Gasteiger partial charge on any atom is -0.478 e. The number of carbonyl (C=O) groups is 2. The van der Waals surface area contributed by atoms with Crippen LogP contribution in [0.4, 0.5) is 27.6 Å². The number of carboxylic acid groups (broad SMARTS) is 1. The van der Waals surface area contributed by atoms with Gasteiger partial charge in [0.15, 0.2) is 23.3 Å². The molecular weight excluding hydrogens is 635 g/mol. The number of hydrogen-bond acceptors (Lipinski definition) is 4. The van der Waals surface area contributed by atoms with Gasteiger partial charge in [-0.25, -0.2) is 31.1 Å². The van der Waals surface area contributed by atoms with Crippen LogP contribution in [0.2, 0.25) is 5.02 Å². The zero-order valence-corrected chi connectivity index (χ0v) is 26.0. The van der Waals surface area contributed by atoms with Gasteiger partial charge in [-0.05, 0) is 70.5 Å². The zero-order valence-electron chi connectivity index (χ0n) is 24.4. The summed E-state index contributed by atoms with van der Waals surface area (Å²) in [6, 6.07) is 19.4. The predicted octanol–water partition coefficient (Wildman–Crippen LogP) is 8.77. The highest BCUT2D eigenvalue weighted by Gasteiger charge is 2.29. The maximum atomic E-state index is 14.7. The fourth-order valence-electron chi connectivity index (χ4n) is 4.34. The Balaban J connectivity index is 1.71. The van der Waals surface area contributed by atoms with Gasteiger partial charge in [-0.3, -0.25) is 4.79 Å². The Kier molecular flexibility index (Phi) is 10.6. The van der Waals surface area contributed by atoms with Crippen molar-refractivity contribution in [3.05, 3.63) is 129 Å². The lowest BCUT2D eigenvalue weighted by Gasteiger charge is -2.28. The third-order valence-electron chi connectivity index (χ3n) is 6.86. The van der Waals surface area contributed by atoms with Crippen molar-refractivity contribution in [1.82, 2.24) is 4.31 Å². The zero-order chi connectivity index (χ0) is 33.1. The molecule has 0 aliphatic heterocycles. The van der Waals surface area contributed by atoms with Crippen molar-refractivity contribution in [2.45, 2.75) is 44.2 Å². The summed E-state index contributed by atoms with van der Waals surface area (Å²) in [4.78, 5) is 25.5. The smallest absolute Gasteiger partial charge is 0.335 e. The van der Waals surface area contributed by atoms with Gasteiger partial charge in [0.1, 0.15) is 4.90 Å². The Hall–Kier alpha value is -3.93. The molecule has 0 aliphatic rings. The van der Waals surface area contributed by atoms with E-state index >= 15 is 0 Å². The summed E-state index contributed by atoms with van der Waals surface area (Å²) in [5.74, 6) is -12.3. The molecule has 0 aromatic heterocycles. The second-order valence-electron chi connectivity index (χ2n) is 11.2. The molecule has 0 saturated carbocycles. The number of carbonyl (C=O) groups excluding carboxylic acids is 1. The molecule has 1 amide bonds. The van der Waals surface area contributed by atoms with Crippen molar-refractivity contribution in [3.63, 3.8) is 0 Å². The van der Waals surface area contributed by atoms with Gasteiger partial charge in [0.05, 0.1) is 18.7 Å². The Morgan fingerprint density at radius 1 is 0.733 bits per heavy atom. The van der Waals surface area contributed by atoms with Crippen molar-refractivity contribution in [2.24, 2.45) is 0 Å². The topological polar surface area (TPSA) is 60.9 Å². The third-order valence-corrected chi connectivity index (χ3v) is 8.17. The first-order chi connectivity index (χ1) is 21.1. The predicted molar refractivity (Wildman–Crippen MR) is 164 cm³/mol. The SMILES string of the molecule is CC(C)(C)c1ccc(CN(C(=O)CN(Cc2ccc(Cl)cc2)Sc2c(F)c(F)c(F)c(F)c2F)c2ccc(C(=O)O)cc2)cc1. The van der Waals surface area contributed by atoms with Gasteiger partial charge in [-0.1, -0.05) is 68.8 Å². The van der Waals surface area contributed by atoms with E-state index in [1.54, 1.807) is 24.3 Å². The van der Waals surface area contributed by atoms with Crippen molar-refractivity contribution in [1.29, 1.82) is 0 Å². The second-order valence-corrected chi connectivity index (χ2v) is 12.7. The average Bonchev–Trinajstić information content (AvgIpc) is 3.00. The van der Waals surface area contributed by atoms with E-state index in [1.807, 2.05) is 24.3 Å². The maximum Gasteiger partial charge on any atom is 0.335 e. The standard InChI is InChI=1S/C33H28ClF5N2O3S/c1-33(2,3)22-10-4-20(5-11-22)17-41(24-14-8-21(9-15-24)32(43)44)25(42)18-40(16-19-6-12-23(34)13-7-19)45-31-29(38)27(36)26(35)28(37)30(31)39/h4-15H,16-18H2,1-3H3,(H,43,44). The highest BCUT2D eigenvalue weighted by molar-refractivity contribution is 7.97. The molecule has 0 aliphatic carbocycles. The van der Waals surface area contributed by atoms with Crippen LogP contribution >= 0.6 is 23.5 Å². The molecule has 0 fully saturated rings. The highest BCUT2D eigenvalue weighted by atomic mass is 35.5. The van der Waals surface area contributed by atoms with Crippen molar-refractivity contribution >= 4 is 41.1 Å². The number of anilines is 1. The van der Waals surface area contributed by atoms with Crippen LogP contribution in [0, 0.1) is 29.1 Å². The molecule has 0 heterocycles. The lowest BCUT2D eigenvalue weighted by molar-refractivity contribution is -0.118. The molecule has 0 spiro atoms. The molecule has 4 aromatic carbocycles. The third kappa shape index (κ3) is 8.22. The largest absolute Gasteiger partial charge is 0.478 e. The van der Waals surface area contributed by atoms with Crippen molar-refractivity contribution in [2.75, 3.05) is 11.4 Å². The second kappa shape index (κ2) is 14.0. The highest BCUT2D eigenvalue weighted by Crippen LogP contribution is 2.34. The Labute approximate surface area is 266 Å². The van der Waals surface area contributed by atoms with E-state index in [2.05, 4.69) is 20.8 Å². The lowest BCUT2D eigenvalue weighted by atomic mass is 9.87. The van der Waals surface area contributed by atoms with E-state index in [0.717, 1.165) is 11.1 Å². The van der Waals surface area contributed by atoms with Gasteiger partial charge < -0.3 is 10.0 Å². The molecule has 0 bridgehead atoms. The van der Waals surface area contributed by atoms with Gasteiger partial charge in [-0.2, -0.15) is 0 Å². The van der Waals surface area contributed by atoms with Gasteiger partial charge in [0, 0.05) is 17.3 Å². The monoisotopic (exact) mass is 662 g/mol. The summed E-state index contributed by atoms with van der Waals surface area (Å²) in [6.07, 6.45) is 0. The molecule has 0 saturated heterocycles. The minimum absolute atomic E-state index is 0.00749. The summed E-state index contributed by atoms with van der Waals surface area (Å²) in [7, 11) is 0. The molecule has 12 heteroatoms. The van der Waals surface area contributed by atoms with Gasteiger partial charge in [-0.15, -0.1) is 0 Å². The molecule has 4 aromatic rings. The molecule has 1 N–H and O–H groups in total. The van der Waals surface area contributed by atoms with Crippen molar-refractivity contribution < 1.29 is 36.6 Å². The fraction of sp³-hybridized carbons (Fsp3) is 0.212. The molecule has 45 heavy (non-hydrogen) atoms. The van der Waals surface area contributed by atoms with Crippen LogP contribution in [0.5, 0.6) is 0 Å². The Bertz CT molecular complexity index is 1670. The fourth-order valence-corrected chi connectivity index (χ4v) is 5.46. The Morgan fingerprint density at radius 2 is 1.22 bits per heavy atom. The van der Waals surface area contributed by atoms with E-state index in [0.29, 0.717) is 16.3 Å². The van der Waals surface area contributed by atoms with Crippen LogP contribution in [-0.2, 0) is 23.3 Å². The summed E-state index contributed by atoms with van der Waals surface area (Å²) in [5.41, 5.74) is 2.53. The van der Waals surface area contributed by atoms with Crippen LogP contribution in [0.3, 0.4) is 0 Å². The van der Waals surface area contributed by atoms with E-state index in [4.69, 9.17) is 11.6 Å². The number of amides is 1. The van der Waals surface area contributed by atoms with Crippen LogP contribution in [0.1, 0.15) is 47.8 Å². The van der Waals surface area contributed by atoms with E-state index in [-0.39, 0.29) is 36.0 Å². The first-order valence-corrected chi connectivity index (χ1v) is 14.7. The summed E-state index contributed by atoms with van der Waals surface area (Å²) in [5, 5.41) is 9.74. The van der Waals surface area contributed by atoms with Crippen molar-refractivity contribution in [3.8, 4) is 0 Å². The van der Waals surface area contributed by atoms with Crippen LogP contribution < -0.4 is 4.90 Å². The van der Waals surface area contributed by atoms with Gasteiger partial charge in [0.25, 0.3) is 0 Å². The van der Waals surface area contributed by atoms with Gasteiger partial charge in [0.2, 0.25) is 11.7 Å². The Morgan fingerprint density at radius 3 is 1.73 bits per heavy atom. The van der Waals surface area contributed by atoms with E-state index in [9.17, 15) is 36.6 Å². The van der Waals surface area contributed by atoms with E-state index in [1.165, 1.54) is 33.5 Å². The number of carboxylic acids is 1. The lowest BCUT2D eigenvalue weighted by Crippen LogP contribution is -2.38. The maximum absolute atomic E-state index is 14.7. The average molecular weight is 663 g/mol. The van der Waals surface area contributed by atoms with Crippen LogP contribution in [0.25, 0.3) is 0 Å². The molecule has 236 valence electrons. The normalized spacial score (nSPS) is 11.6.